The number of hydrogen-bond donors (Lipinski definition) is 3. The first-order chi connectivity index (χ1) is 12.4. The van der Waals surface area contributed by atoms with Crippen LogP contribution in [0.4, 0.5) is 0 Å². The molecule has 0 saturated heterocycles. The summed E-state index contributed by atoms with van der Waals surface area (Å²) in [6.45, 7) is 7.60. The molecule has 3 N–H and O–H groups in total. The predicted molar refractivity (Wildman–Crippen MR) is 113 cm³/mol. The van der Waals surface area contributed by atoms with E-state index in [4.69, 9.17) is 0 Å². The maximum atomic E-state index is 11.8. The van der Waals surface area contributed by atoms with Gasteiger partial charge in [0.15, 0.2) is 5.41 Å². The van der Waals surface area contributed by atoms with Gasteiger partial charge in [-0.3, -0.25) is 9.59 Å². The van der Waals surface area contributed by atoms with Crippen LogP contribution < -0.4 is 0 Å². The Morgan fingerprint density at radius 2 is 1.48 bits per heavy atom. The van der Waals surface area contributed by atoms with Crippen LogP contribution >= 0.6 is 22.6 Å². The van der Waals surface area contributed by atoms with Crippen LogP contribution in [-0.4, -0.2) is 38.2 Å². The second-order valence-corrected chi connectivity index (χ2v) is 7.45. The standard InChI is InChI=1S/C19H26O6.CH3I/c1-5-6-7-19(16(22)23,17(24)25)11-12-8-13(15(20)21)10-14(9-12)18(2,3)4;1-2/h8-10H,5-7,11H2,1-4H3,(H,20,21)(H,22,23)(H,24,25);1H3. The number of carboxylic acid groups (broad SMARTS) is 3. The molecule has 1 aromatic rings. The van der Waals surface area contributed by atoms with E-state index in [1.807, 2.05) is 32.6 Å². The van der Waals surface area contributed by atoms with E-state index in [9.17, 15) is 29.7 Å². The van der Waals surface area contributed by atoms with Crippen molar-refractivity contribution >= 4 is 40.5 Å². The highest BCUT2D eigenvalue weighted by Gasteiger charge is 2.46. The van der Waals surface area contributed by atoms with Gasteiger partial charge in [-0.15, -0.1) is 0 Å². The molecule has 1 rings (SSSR count). The van der Waals surface area contributed by atoms with Gasteiger partial charge in [0, 0.05) is 0 Å². The third-order valence-corrected chi connectivity index (χ3v) is 4.39. The van der Waals surface area contributed by atoms with Crippen molar-refractivity contribution in [2.45, 2.75) is 58.8 Å². The lowest BCUT2D eigenvalue weighted by molar-refractivity contribution is -0.165. The Kier molecular flexibility index (Phi) is 9.99. The zero-order valence-corrected chi connectivity index (χ0v) is 18.7. The number of aromatic carboxylic acids is 1. The van der Waals surface area contributed by atoms with Crippen molar-refractivity contribution in [3.8, 4) is 0 Å². The molecule has 0 aliphatic heterocycles. The van der Waals surface area contributed by atoms with Gasteiger partial charge in [-0.1, -0.05) is 69.2 Å². The normalized spacial score (nSPS) is 11.3. The lowest BCUT2D eigenvalue weighted by Gasteiger charge is -2.26. The number of carbonyl (C=O) groups is 3. The third kappa shape index (κ3) is 6.79. The van der Waals surface area contributed by atoms with E-state index < -0.39 is 23.3 Å². The van der Waals surface area contributed by atoms with Gasteiger partial charge in [-0.2, -0.15) is 0 Å². The summed E-state index contributed by atoms with van der Waals surface area (Å²) in [5, 5.41) is 28.5. The van der Waals surface area contributed by atoms with E-state index in [1.165, 1.54) is 6.07 Å². The Balaban J connectivity index is 0.00000326. The van der Waals surface area contributed by atoms with Gasteiger partial charge in [0.1, 0.15) is 0 Å². The van der Waals surface area contributed by atoms with Crippen LogP contribution in [0, 0.1) is 5.41 Å². The van der Waals surface area contributed by atoms with Crippen molar-refractivity contribution in [2.24, 2.45) is 5.41 Å². The van der Waals surface area contributed by atoms with Gasteiger partial charge in [0.2, 0.25) is 0 Å². The Morgan fingerprint density at radius 1 is 0.963 bits per heavy atom. The minimum absolute atomic E-state index is 0.00365. The maximum absolute atomic E-state index is 11.8. The fraction of sp³-hybridized carbons (Fsp3) is 0.550. The molecule has 6 nitrogen and oxygen atoms in total. The first kappa shape index (κ1) is 25.4. The number of alkyl halides is 1. The molecule has 0 amide bonds. The number of unbranched alkanes of at least 4 members (excludes halogenated alkanes) is 1. The van der Waals surface area contributed by atoms with Crippen LogP contribution in [0.3, 0.4) is 0 Å². The molecule has 7 heteroatoms. The molecule has 0 saturated carbocycles. The van der Waals surface area contributed by atoms with Crippen LogP contribution in [0.5, 0.6) is 0 Å². The Bertz CT molecular complexity index is 662. The lowest BCUT2D eigenvalue weighted by atomic mass is 9.76. The fourth-order valence-corrected chi connectivity index (χ4v) is 2.72. The van der Waals surface area contributed by atoms with Gasteiger partial charge in [0.05, 0.1) is 5.56 Å². The smallest absolute Gasteiger partial charge is 0.335 e. The largest absolute Gasteiger partial charge is 0.480 e. The number of rotatable bonds is 8. The lowest BCUT2D eigenvalue weighted by Crippen LogP contribution is -2.41. The zero-order chi connectivity index (χ0) is 21.4. The summed E-state index contributed by atoms with van der Waals surface area (Å²) < 4.78 is 0. The summed E-state index contributed by atoms with van der Waals surface area (Å²) in [6, 6.07) is 4.62. The first-order valence-corrected chi connectivity index (χ1v) is 10.8. The number of aliphatic carboxylic acids is 2. The highest BCUT2D eigenvalue weighted by atomic mass is 127. The molecular formula is C20H29IO6. The molecule has 0 spiro atoms. The quantitative estimate of drug-likeness (QED) is 0.277. The van der Waals surface area contributed by atoms with Gasteiger partial charge in [0.25, 0.3) is 0 Å². The molecule has 1 aromatic carbocycles. The highest BCUT2D eigenvalue weighted by Crippen LogP contribution is 2.33. The van der Waals surface area contributed by atoms with Crippen molar-refractivity contribution in [1.29, 1.82) is 0 Å². The molecule has 152 valence electrons. The number of carboxylic acids is 3. The zero-order valence-electron chi connectivity index (χ0n) is 16.5. The van der Waals surface area contributed by atoms with Gasteiger partial charge in [-0.05, 0) is 46.4 Å². The van der Waals surface area contributed by atoms with Crippen molar-refractivity contribution in [1.82, 2.24) is 0 Å². The Hall–Kier alpha value is -1.64. The van der Waals surface area contributed by atoms with E-state index in [-0.39, 0.29) is 23.8 Å². The summed E-state index contributed by atoms with van der Waals surface area (Å²) in [5.41, 5.74) is -1.14. The average molecular weight is 492 g/mol. The van der Waals surface area contributed by atoms with Crippen molar-refractivity contribution in [3.63, 3.8) is 0 Å². The van der Waals surface area contributed by atoms with Crippen LogP contribution in [0.15, 0.2) is 18.2 Å². The van der Waals surface area contributed by atoms with Crippen molar-refractivity contribution in [2.75, 3.05) is 4.93 Å². The Morgan fingerprint density at radius 3 is 1.85 bits per heavy atom. The van der Waals surface area contributed by atoms with E-state index in [0.717, 1.165) is 5.56 Å². The molecular weight excluding hydrogens is 463 g/mol. The van der Waals surface area contributed by atoms with E-state index in [2.05, 4.69) is 22.6 Å². The van der Waals surface area contributed by atoms with Gasteiger partial charge < -0.3 is 15.3 Å². The summed E-state index contributed by atoms with van der Waals surface area (Å²) in [4.78, 5) is 36.9. The second kappa shape index (κ2) is 10.6. The number of hydrogen-bond acceptors (Lipinski definition) is 3. The number of benzene rings is 1. The third-order valence-electron chi connectivity index (χ3n) is 4.39. The molecule has 0 aliphatic rings. The second-order valence-electron chi connectivity index (χ2n) is 7.45. The Labute approximate surface area is 174 Å². The first-order valence-electron chi connectivity index (χ1n) is 8.66. The van der Waals surface area contributed by atoms with Crippen molar-refractivity contribution in [3.05, 3.63) is 34.9 Å². The van der Waals surface area contributed by atoms with Crippen LogP contribution in [0.25, 0.3) is 0 Å². The molecule has 0 aromatic heterocycles. The monoisotopic (exact) mass is 492 g/mol. The average Bonchev–Trinajstić information content (AvgIpc) is 2.58. The summed E-state index contributed by atoms with van der Waals surface area (Å²) >= 11 is 2.15. The van der Waals surface area contributed by atoms with Crippen molar-refractivity contribution < 1.29 is 29.7 Å². The van der Waals surface area contributed by atoms with E-state index in [0.29, 0.717) is 18.4 Å². The molecule has 27 heavy (non-hydrogen) atoms. The highest BCUT2D eigenvalue weighted by molar-refractivity contribution is 14.1. The van der Waals surface area contributed by atoms with E-state index in [1.54, 1.807) is 12.1 Å². The SMILES string of the molecule is CCCCC(Cc1cc(C(=O)O)cc(C(C)(C)C)c1)(C(=O)O)C(=O)O.CI. The molecule has 0 radical (unpaired) electrons. The fourth-order valence-electron chi connectivity index (χ4n) is 2.72. The molecule has 0 fully saturated rings. The predicted octanol–water partition coefficient (Wildman–Crippen LogP) is 4.62. The maximum Gasteiger partial charge on any atom is 0.335 e. The summed E-state index contributed by atoms with van der Waals surface area (Å²) in [6.07, 6.45) is 0.881. The van der Waals surface area contributed by atoms with Crippen LogP contribution in [-0.2, 0) is 21.4 Å². The van der Waals surface area contributed by atoms with Crippen LogP contribution in [0.2, 0.25) is 0 Å². The summed E-state index contributed by atoms with van der Waals surface area (Å²) in [5.74, 6) is -3.92. The minimum atomic E-state index is -1.96. The minimum Gasteiger partial charge on any atom is -0.480 e. The number of halogens is 1. The van der Waals surface area contributed by atoms with Gasteiger partial charge >= 0.3 is 17.9 Å². The summed E-state index contributed by atoms with van der Waals surface area (Å²) in [7, 11) is 0. The molecule has 0 heterocycles. The molecule has 0 unspecified atom stereocenters. The van der Waals surface area contributed by atoms with E-state index >= 15 is 0 Å². The molecule has 0 bridgehead atoms. The van der Waals surface area contributed by atoms with Gasteiger partial charge in [-0.25, -0.2) is 4.79 Å². The molecule has 0 aliphatic carbocycles. The topological polar surface area (TPSA) is 112 Å². The van der Waals surface area contributed by atoms with Crippen LogP contribution in [0.1, 0.15) is 68.4 Å². The molecule has 0 atom stereocenters.